The highest BCUT2D eigenvalue weighted by Gasteiger charge is 2.21. The molecule has 7 heteroatoms. The van der Waals surface area contributed by atoms with Crippen LogP contribution < -0.4 is 15.5 Å². The van der Waals surface area contributed by atoms with Crippen molar-refractivity contribution in [1.29, 1.82) is 0 Å². The Kier molecular flexibility index (Phi) is 8.64. The second-order valence-corrected chi connectivity index (χ2v) is 6.56. The minimum Gasteiger partial charge on any atom is -0.377 e. The predicted octanol–water partition coefficient (Wildman–Crippen LogP) is 2.52. The van der Waals surface area contributed by atoms with E-state index in [1.165, 1.54) is 0 Å². The van der Waals surface area contributed by atoms with E-state index in [-0.39, 0.29) is 35.5 Å². The highest BCUT2D eigenvalue weighted by atomic mass is 127. The Morgan fingerprint density at radius 2 is 1.96 bits per heavy atom. The van der Waals surface area contributed by atoms with Gasteiger partial charge in [0.05, 0.1) is 5.60 Å². The zero-order valence-corrected chi connectivity index (χ0v) is 17.8. The highest BCUT2D eigenvalue weighted by molar-refractivity contribution is 14.0. The van der Waals surface area contributed by atoms with E-state index >= 15 is 0 Å². The van der Waals surface area contributed by atoms with Gasteiger partial charge in [-0.1, -0.05) is 12.1 Å². The van der Waals surface area contributed by atoms with Gasteiger partial charge >= 0.3 is 0 Å². The van der Waals surface area contributed by atoms with Crippen LogP contribution in [-0.4, -0.2) is 44.7 Å². The number of carbonyl (C=O) groups is 1. The fraction of sp³-hybridized carbons (Fsp3) is 0.556. The van der Waals surface area contributed by atoms with Crippen molar-refractivity contribution >= 4 is 41.5 Å². The van der Waals surface area contributed by atoms with Crippen molar-refractivity contribution in [2.24, 2.45) is 4.99 Å². The van der Waals surface area contributed by atoms with Crippen LogP contribution in [0.15, 0.2) is 29.3 Å². The fourth-order valence-corrected chi connectivity index (χ4v) is 2.49. The Morgan fingerprint density at radius 3 is 2.48 bits per heavy atom. The lowest BCUT2D eigenvalue weighted by atomic mass is 10.1. The van der Waals surface area contributed by atoms with Gasteiger partial charge in [-0.15, -0.1) is 24.0 Å². The molecule has 6 nitrogen and oxygen atoms in total. The molecule has 1 fully saturated rings. The van der Waals surface area contributed by atoms with Crippen molar-refractivity contribution in [2.75, 3.05) is 32.1 Å². The number of nitrogens with zero attached hydrogens (tertiary/aromatic N) is 2. The first-order valence-corrected chi connectivity index (χ1v) is 8.34. The SMILES string of the molecule is CN=C(NCc1ccc(N2CCCC2=O)cc1)NCC(C)(C)OC.I. The van der Waals surface area contributed by atoms with E-state index in [9.17, 15) is 4.79 Å². The number of nitrogens with one attached hydrogen (secondary N) is 2. The van der Waals surface area contributed by atoms with Gasteiger partial charge in [0.2, 0.25) is 5.91 Å². The maximum Gasteiger partial charge on any atom is 0.227 e. The molecule has 1 saturated heterocycles. The second kappa shape index (κ2) is 9.96. The summed E-state index contributed by atoms with van der Waals surface area (Å²) in [5.74, 6) is 0.949. The molecule has 0 aromatic heterocycles. The topological polar surface area (TPSA) is 66.0 Å². The van der Waals surface area contributed by atoms with Gasteiger partial charge in [0.15, 0.2) is 5.96 Å². The van der Waals surface area contributed by atoms with Crippen LogP contribution in [0.5, 0.6) is 0 Å². The highest BCUT2D eigenvalue weighted by Crippen LogP contribution is 2.21. The molecule has 1 amide bonds. The molecular formula is C18H29IN4O2. The molecule has 140 valence electrons. The molecule has 0 unspecified atom stereocenters. The molecule has 25 heavy (non-hydrogen) atoms. The first-order chi connectivity index (χ1) is 11.4. The number of hydrogen-bond donors (Lipinski definition) is 2. The first kappa shape index (κ1) is 21.7. The fourth-order valence-electron chi connectivity index (χ4n) is 2.49. The van der Waals surface area contributed by atoms with E-state index in [0.717, 1.165) is 30.2 Å². The normalized spacial score (nSPS) is 15.1. The van der Waals surface area contributed by atoms with E-state index in [0.29, 0.717) is 19.5 Å². The van der Waals surface area contributed by atoms with Gasteiger partial charge in [-0.2, -0.15) is 0 Å². The number of guanidine groups is 1. The summed E-state index contributed by atoms with van der Waals surface area (Å²) in [5.41, 5.74) is 1.87. The van der Waals surface area contributed by atoms with Crippen LogP contribution in [0.3, 0.4) is 0 Å². The molecule has 0 bridgehead atoms. The number of halogens is 1. The number of amides is 1. The Morgan fingerprint density at radius 1 is 1.28 bits per heavy atom. The summed E-state index contributed by atoms with van der Waals surface area (Å²) < 4.78 is 5.39. The molecule has 0 spiro atoms. The van der Waals surface area contributed by atoms with Crippen molar-refractivity contribution in [2.45, 2.75) is 38.8 Å². The van der Waals surface area contributed by atoms with Gasteiger partial charge in [-0.3, -0.25) is 9.79 Å². The minimum atomic E-state index is -0.248. The molecular weight excluding hydrogens is 431 g/mol. The molecule has 0 aliphatic carbocycles. The largest absolute Gasteiger partial charge is 0.377 e. The number of rotatable bonds is 6. The number of methoxy groups -OCH3 is 1. The quantitative estimate of drug-likeness (QED) is 0.389. The first-order valence-electron chi connectivity index (χ1n) is 8.34. The van der Waals surface area contributed by atoms with Crippen LogP contribution in [0.4, 0.5) is 5.69 Å². The van der Waals surface area contributed by atoms with Gasteiger partial charge < -0.3 is 20.3 Å². The van der Waals surface area contributed by atoms with Crippen LogP contribution in [0.1, 0.15) is 32.3 Å². The standard InChI is InChI=1S/C18H28N4O2.HI/c1-18(2,24-4)13-21-17(19-3)20-12-14-7-9-15(10-8-14)22-11-5-6-16(22)23;/h7-10H,5-6,11-13H2,1-4H3,(H2,19,20,21);1H. The minimum absolute atomic E-state index is 0. The second-order valence-electron chi connectivity index (χ2n) is 6.56. The molecule has 1 aromatic rings. The van der Waals surface area contributed by atoms with E-state index in [1.54, 1.807) is 14.2 Å². The molecule has 1 aliphatic rings. The molecule has 2 rings (SSSR count). The third-order valence-corrected chi connectivity index (χ3v) is 4.24. The molecule has 0 atom stereocenters. The summed E-state index contributed by atoms with van der Waals surface area (Å²) in [6.45, 7) is 6.19. The molecule has 0 radical (unpaired) electrons. The van der Waals surface area contributed by atoms with E-state index < -0.39 is 0 Å². The lowest BCUT2D eigenvalue weighted by molar-refractivity contribution is -0.117. The van der Waals surface area contributed by atoms with Crippen molar-refractivity contribution < 1.29 is 9.53 Å². The smallest absolute Gasteiger partial charge is 0.227 e. The third kappa shape index (κ3) is 6.47. The summed E-state index contributed by atoms with van der Waals surface area (Å²) in [7, 11) is 3.45. The Bertz CT molecular complexity index is 587. The number of aliphatic imine (C=N–C) groups is 1. The summed E-state index contributed by atoms with van der Waals surface area (Å²) >= 11 is 0. The molecule has 0 saturated carbocycles. The number of benzene rings is 1. The van der Waals surface area contributed by atoms with Gasteiger partial charge in [0.1, 0.15) is 0 Å². The van der Waals surface area contributed by atoms with Crippen LogP contribution in [0, 0.1) is 0 Å². The summed E-state index contributed by atoms with van der Waals surface area (Å²) in [5, 5.41) is 6.54. The van der Waals surface area contributed by atoms with Gasteiger partial charge in [-0.25, -0.2) is 0 Å². The predicted molar refractivity (Wildman–Crippen MR) is 113 cm³/mol. The summed E-state index contributed by atoms with van der Waals surface area (Å²) in [6.07, 6.45) is 1.60. The zero-order valence-electron chi connectivity index (χ0n) is 15.5. The average Bonchev–Trinajstić information content (AvgIpc) is 3.01. The van der Waals surface area contributed by atoms with E-state index in [2.05, 4.69) is 15.6 Å². The monoisotopic (exact) mass is 460 g/mol. The Labute approximate surface area is 167 Å². The summed E-state index contributed by atoms with van der Waals surface area (Å²) in [4.78, 5) is 17.8. The summed E-state index contributed by atoms with van der Waals surface area (Å²) in [6, 6.07) is 8.09. The number of anilines is 1. The number of hydrogen-bond acceptors (Lipinski definition) is 3. The molecule has 2 N–H and O–H groups in total. The number of carbonyl (C=O) groups excluding carboxylic acids is 1. The van der Waals surface area contributed by atoms with Crippen molar-refractivity contribution in [3.8, 4) is 0 Å². The zero-order chi connectivity index (χ0) is 17.6. The van der Waals surface area contributed by atoms with Crippen LogP contribution in [0.25, 0.3) is 0 Å². The Hall–Kier alpha value is -1.35. The van der Waals surface area contributed by atoms with E-state index in [4.69, 9.17) is 4.74 Å². The van der Waals surface area contributed by atoms with Crippen LogP contribution >= 0.6 is 24.0 Å². The third-order valence-electron chi connectivity index (χ3n) is 4.24. The molecule has 1 aliphatic heterocycles. The van der Waals surface area contributed by atoms with Crippen LogP contribution in [0.2, 0.25) is 0 Å². The molecule has 1 heterocycles. The lowest BCUT2D eigenvalue weighted by Gasteiger charge is -2.24. The molecule has 1 aromatic carbocycles. The maximum atomic E-state index is 11.8. The lowest BCUT2D eigenvalue weighted by Crippen LogP contribution is -2.45. The van der Waals surface area contributed by atoms with Crippen molar-refractivity contribution in [3.05, 3.63) is 29.8 Å². The number of ether oxygens (including phenoxy) is 1. The average molecular weight is 460 g/mol. The maximum absolute atomic E-state index is 11.8. The van der Waals surface area contributed by atoms with Gasteiger partial charge in [0, 0.05) is 45.9 Å². The van der Waals surface area contributed by atoms with Gasteiger partial charge in [-0.05, 0) is 38.0 Å². The Balaban J connectivity index is 0.00000312. The van der Waals surface area contributed by atoms with Crippen LogP contribution in [-0.2, 0) is 16.1 Å². The van der Waals surface area contributed by atoms with Crippen molar-refractivity contribution in [1.82, 2.24) is 10.6 Å². The van der Waals surface area contributed by atoms with Gasteiger partial charge in [0.25, 0.3) is 0 Å². The van der Waals surface area contributed by atoms with Crippen molar-refractivity contribution in [3.63, 3.8) is 0 Å². The van der Waals surface area contributed by atoms with E-state index in [1.807, 2.05) is 43.0 Å².